The van der Waals surface area contributed by atoms with Gasteiger partial charge in [-0.1, -0.05) is 6.32 Å². The molecule has 0 aromatic carbocycles. The van der Waals surface area contributed by atoms with Crippen molar-refractivity contribution in [1.29, 1.82) is 5.41 Å². The predicted octanol–water partition coefficient (Wildman–Crippen LogP) is 0.0654. The Kier molecular flexibility index (Phi) is 3.11. The number of hydrogen-bond donors (Lipinski definition) is 2. The van der Waals surface area contributed by atoms with Gasteiger partial charge in [0.15, 0.2) is 0 Å². The van der Waals surface area contributed by atoms with Crippen LogP contribution in [0.15, 0.2) is 11.8 Å². The van der Waals surface area contributed by atoms with Crippen molar-refractivity contribution in [1.82, 2.24) is 0 Å². The van der Waals surface area contributed by atoms with Crippen molar-refractivity contribution in [2.24, 2.45) is 5.73 Å². The molecule has 0 atom stereocenters. The standard InChI is InChI=1S/C4H7BN2/c5-1-4(2-6)3-7/h2-3,6H,1,7H2/b4-3-,6-2?. The van der Waals surface area contributed by atoms with Gasteiger partial charge >= 0.3 is 0 Å². The lowest BCUT2D eigenvalue weighted by molar-refractivity contribution is 1.44. The van der Waals surface area contributed by atoms with Crippen LogP contribution < -0.4 is 5.73 Å². The Balaban J connectivity index is 3.60. The first kappa shape index (κ1) is 6.27. The van der Waals surface area contributed by atoms with Crippen LogP contribution in [0.1, 0.15) is 0 Å². The largest absolute Gasteiger partial charge is 0.404 e. The van der Waals surface area contributed by atoms with Gasteiger partial charge < -0.3 is 11.1 Å². The summed E-state index contributed by atoms with van der Waals surface area (Å²) in [6.45, 7) is 0. The zero-order valence-electron chi connectivity index (χ0n) is 4.02. The SMILES string of the molecule is [B]C/C(C=N)=C/N. The molecular weight excluding hydrogens is 86.9 g/mol. The summed E-state index contributed by atoms with van der Waals surface area (Å²) in [7, 11) is 5.09. The van der Waals surface area contributed by atoms with Crippen molar-refractivity contribution < 1.29 is 0 Å². The van der Waals surface area contributed by atoms with Crippen LogP contribution in [-0.2, 0) is 0 Å². The highest BCUT2D eigenvalue weighted by atomic mass is 14.5. The zero-order chi connectivity index (χ0) is 5.70. The van der Waals surface area contributed by atoms with Crippen molar-refractivity contribution >= 4 is 14.1 Å². The molecule has 0 rings (SSSR count). The Hall–Kier alpha value is -0.725. The summed E-state index contributed by atoms with van der Waals surface area (Å²) >= 11 is 0. The third kappa shape index (κ3) is 2.03. The first-order valence-corrected chi connectivity index (χ1v) is 1.96. The molecule has 0 saturated carbocycles. The molecule has 2 nitrogen and oxygen atoms in total. The molecule has 0 aliphatic carbocycles. The Bertz CT molecular complexity index is 87.7. The van der Waals surface area contributed by atoms with Crippen molar-refractivity contribution in [2.75, 3.05) is 0 Å². The van der Waals surface area contributed by atoms with Gasteiger partial charge in [0.05, 0.1) is 7.85 Å². The number of nitrogens with two attached hydrogens (primary N) is 1. The predicted molar refractivity (Wildman–Crippen MR) is 31.6 cm³/mol. The maximum Gasteiger partial charge on any atom is 0.0718 e. The summed E-state index contributed by atoms with van der Waals surface area (Å²) in [5.74, 6) is 0. The molecule has 0 aromatic heterocycles. The van der Waals surface area contributed by atoms with E-state index in [4.69, 9.17) is 19.0 Å². The smallest absolute Gasteiger partial charge is 0.0718 e. The summed E-state index contributed by atoms with van der Waals surface area (Å²) in [4.78, 5) is 0. The van der Waals surface area contributed by atoms with E-state index in [1.54, 1.807) is 0 Å². The van der Waals surface area contributed by atoms with Crippen molar-refractivity contribution in [3.05, 3.63) is 11.8 Å². The van der Waals surface area contributed by atoms with E-state index in [1.807, 2.05) is 0 Å². The van der Waals surface area contributed by atoms with Crippen LogP contribution in [0, 0.1) is 5.41 Å². The molecule has 0 fully saturated rings. The van der Waals surface area contributed by atoms with Crippen molar-refractivity contribution in [3.8, 4) is 0 Å². The number of nitrogens with one attached hydrogen (secondary N) is 1. The molecule has 0 amide bonds. The van der Waals surface area contributed by atoms with Gasteiger partial charge in [-0.2, -0.15) is 0 Å². The van der Waals surface area contributed by atoms with Gasteiger partial charge in [-0.3, -0.25) is 0 Å². The zero-order valence-corrected chi connectivity index (χ0v) is 4.02. The van der Waals surface area contributed by atoms with Crippen LogP contribution >= 0.6 is 0 Å². The molecule has 3 N–H and O–H groups in total. The second kappa shape index (κ2) is 3.46. The third-order valence-electron chi connectivity index (χ3n) is 0.635. The maximum atomic E-state index is 6.61. The van der Waals surface area contributed by atoms with Crippen molar-refractivity contribution in [2.45, 2.75) is 6.32 Å². The van der Waals surface area contributed by atoms with E-state index >= 15 is 0 Å². The highest BCUT2D eigenvalue weighted by Crippen LogP contribution is 1.88. The van der Waals surface area contributed by atoms with E-state index in [9.17, 15) is 0 Å². The molecule has 0 aliphatic heterocycles. The normalized spacial score (nSPS) is 11.1. The van der Waals surface area contributed by atoms with Gasteiger partial charge in [0.25, 0.3) is 0 Å². The maximum absolute atomic E-state index is 6.61. The first-order chi connectivity index (χ1) is 3.35. The fourth-order valence-corrected chi connectivity index (χ4v) is 0.175. The average molecular weight is 93.9 g/mol. The molecule has 0 spiro atoms. The highest BCUT2D eigenvalue weighted by Gasteiger charge is 1.79. The molecule has 0 unspecified atom stereocenters. The Labute approximate surface area is 44.3 Å². The van der Waals surface area contributed by atoms with E-state index in [0.717, 1.165) is 6.21 Å². The highest BCUT2D eigenvalue weighted by molar-refractivity contribution is 6.12. The Morgan fingerprint density at radius 1 is 1.86 bits per heavy atom. The van der Waals surface area contributed by atoms with Gasteiger partial charge in [-0.25, -0.2) is 0 Å². The molecule has 0 bridgehead atoms. The molecule has 2 radical (unpaired) electrons. The molecule has 36 valence electrons. The Morgan fingerprint density at radius 2 is 2.43 bits per heavy atom. The number of rotatable bonds is 2. The van der Waals surface area contributed by atoms with E-state index in [-0.39, 0.29) is 0 Å². The van der Waals surface area contributed by atoms with Crippen LogP contribution in [0.2, 0.25) is 6.32 Å². The topological polar surface area (TPSA) is 49.9 Å². The number of hydrogen-bond acceptors (Lipinski definition) is 2. The molecular formula is C4H7BN2. The van der Waals surface area contributed by atoms with Gasteiger partial charge in [0.2, 0.25) is 0 Å². The lowest BCUT2D eigenvalue weighted by Crippen LogP contribution is -1.87. The van der Waals surface area contributed by atoms with Crippen LogP contribution in [0.25, 0.3) is 0 Å². The lowest BCUT2D eigenvalue weighted by Gasteiger charge is -1.86. The summed E-state index contributed by atoms with van der Waals surface area (Å²) in [6.07, 6.45) is 2.81. The van der Waals surface area contributed by atoms with Gasteiger partial charge in [-0.15, -0.1) is 0 Å². The van der Waals surface area contributed by atoms with E-state index < -0.39 is 0 Å². The van der Waals surface area contributed by atoms with Gasteiger partial charge in [0.1, 0.15) is 0 Å². The lowest BCUT2D eigenvalue weighted by atomic mass is 9.98. The second-order valence-electron chi connectivity index (χ2n) is 1.09. The Morgan fingerprint density at radius 3 is 2.43 bits per heavy atom. The van der Waals surface area contributed by atoms with E-state index in [0.29, 0.717) is 11.9 Å². The summed E-state index contributed by atoms with van der Waals surface area (Å²) in [5, 5.41) is 6.61. The van der Waals surface area contributed by atoms with Gasteiger partial charge in [0, 0.05) is 6.21 Å². The van der Waals surface area contributed by atoms with Crippen LogP contribution in [-0.4, -0.2) is 14.1 Å². The van der Waals surface area contributed by atoms with E-state index in [2.05, 4.69) is 0 Å². The number of allylic oxidation sites excluding steroid dienone is 1. The quantitative estimate of drug-likeness (QED) is 0.369. The monoisotopic (exact) mass is 94.1 g/mol. The van der Waals surface area contributed by atoms with Crippen LogP contribution in [0.5, 0.6) is 0 Å². The van der Waals surface area contributed by atoms with Gasteiger partial charge in [-0.05, 0) is 11.8 Å². The molecule has 0 saturated heterocycles. The van der Waals surface area contributed by atoms with Crippen molar-refractivity contribution in [3.63, 3.8) is 0 Å². The first-order valence-electron chi connectivity index (χ1n) is 1.96. The molecule has 0 aliphatic rings. The fourth-order valence-electron chi connectivity index (χ4n) is 0.175. The minimum Gasteiger partial charge on any atom is -0.404 e. The summed E-state index contributed by atoms with van der Waals surface area (Å²) < 4.78 is 0. The summed E-state index contributed by atoms with van der Waals surface area (Å²) in [6, 6.07) is 0. The molecule has 7 heavy (non-hydrogen) atoms. The molecule has 0 heterocycles. The van der Waals surface area contributed by atoms with Crippen LogP contribution in [0.3, 0.4) is 0 Å². The molecule has 3 heteroatoms. The fraction of sp³-hybridized carbons (Fsp3) is 0.250. The average Bonchev–Trinajstić information content (AvgIpc) is 1.72. The third-order valence-corrected chi connectivity index (χ3v) is 0.635. The minimum absolute atomic E-state index is 0.347. The second-order valence-corrected chi connectivity index (χ2v) is 1.09. The van der Waals surface area contributed by atoms with Crippen LogP contribution in [0.4, 0.5) is 0 Å². The summed E-state index contributed by atoms with van der Waals surface area (Å²) in [5.41, 5.74) is 5.65. The minimum atomic E-state index is 0.347. The molecule has 0 aromatic rings. The van der Waals surface area contributed by atoms with E-state index in [1.165, 1.54) is 6.20 Å².